The Bertz CT molecular complexity index is 561. The van der Waals surface area contributed by atoms with Gasteiger partial charge < -0.3 is 10.2 Å². The van der Waals surface area contributed by atoms with Crippen LogP contribution in [0.15, 0.2) is 24.4 Å². The second kappa shape index (κ2) is 5.53. The Morgan fingerprint density at radius 2 is 2.05 bits per heavy atom. The predicted molar refractivity (Wildman–Crippen MR) is 78.4 cm³/mol. The molecule has 4 heteroatoms. The summed E-state index contributed by atoms with van der Waals surface area (Å²) < 4.78 is 0. The fraction of sp³-hybridized carbons (Fsp3) is 0.467. The first-order valence-corrected chi connectivity index (χ1v) is 7.01. The first-order valence-electron chi connectivity index (χ1n) is 7.01. The molecule has 0 radical (unpaired) electrons. The Morgan fingerprint density at radius 1 is 1.21 bits per heavy atom. The van der Waals surface area contributed by atoms with Crippen LogP contribution in [-0.4, -0.2) is 41.0 Å². The molecule has 2 aromatic rings. The molecule has 0 bridgehead atoms. The zero-order chi connectivity index (χ0) is 13.1. The average Bonchev–Trinajstić information content (AvgIpc) is 2.92. The van der Waals surface area contributed by atoms with Crippen LogP contribution < -0.4 is 5.32 Å². The van der Waals surface area contributed by atoms with Crippen molar-refractivity contribution < 1.29 is 0 Å². The van der Waals surface area contributed by atoms with Crippen LogP contribution in [-0.2, 0) is 0 Å². The van der Waals surface area contributed by atoms with E-state index in [1.54, 1.807) is 0 Å². The average molecular weight is 256 g/mol. The smallest absolute Gasteiger partial charge is 0.126 e. The molecule has 100 valence electrons. The van der Waals surface area contributed by atoms with Crippen LogP contribution in [0.2, 0.25) is 0 Å². The number of nitrogens with zero attached hydrogens (tertiary/aromatic N) is 3. The molecule has 4 nitrogen and oxygen atoms in total. The van der Waals surface area contributed by atoms with Crippen LogP contribution >= 0.6 is 0 Å². The van der Waals surface area contributed by atoms with Crippen LogP contribution in [0, 0.1) is 6.92 Å². The third-order valence-corrected chi connectivity index (χ3v) is 3.75. The molecule has 0 saturated carbocycles. The largest absolute Gasteiger partial charge is 0.369 e. The maximum atomic E-state index is 4.63. The number of fused-ring (bicyclic) bond motifs is 1. The van der Waals surface area contributed by atoms with Crippen molar-refractivity contribution in [3.05, 3.63) is 30.1 Å². The normalized spacial score (nSPS) is 16.1. The highest BCUT2D eigenvalue weighted by atomic mass is 15.2. The quantitative estimate of drug-likeness (QED) is 0.912. The minimum atomic E-state index is 0.956. The van der Waals surface area contributed by atoms with Gasteiger partial charge in [-0.15, -0.1) is 0 Å². The predicted octanol–water partition coefficient (Wildman–Crippen LogP) is 2.45. The van der Waals surface area contributed by atoms with E-state index in [1.165, 1.54) is 25.9 Å². The number of nitrogens with one attached hydrogen (secondary N) is 1. The molecule has 1 N–H and O–H groups in total. The second-order valence-corrected chi connectivity index (χ2v) is 5.14. The van der Waals surface area contributed by atoms with E-state index in [1.807, 2.05) is 25.3 Å². The monoisotopic (exact) mass is 256 g/mol. The molecule has 3 rings (SSSR count). The lowest BCUT2D eigenvalue weighted by atomic mass is 10.2. The van der Waals surface area contributed by atoms with Gasteiger partial charge in [0, 0.05) is 30.4 Å². The van der Waals surface area contributed by atoms with Crippen molar-refractivity contribution in [2.45, 2.75) is 19.8 Å². The van der Waals surface area contributed by atoms with Crippen molar-refractivity contribution >= 4 is 16.7 Å². The molecule has 1 aliphatic heterocycles. The summed E-state index contributed by atoms with van der Waals surface area (Å²) in [5.41, 5.74) is 2.05. The van der Waals surface area contributed by atoms with E-state index in [2.05, 4.69) is 26.3 Å². The lowest BCUT2D eigenvalue weighted by Gasteiger charge is -2.15. The Kier molecular flexibility index (Phi) is 3.60. The van der Waals surface area contributed by atoms with Gasteiger partial charge in [-0.3, -0.25) is 4.98 Å². The van der Waals surface area contributed by atoms with Crippen LogP contribution in [0.1, 0.15) is 18.5 Å². The molecule has 1 saturated heterocycles. The van der Waals surface area contributed by atoms with Gasteiger partial charge in [-0.2, -0.15) is 0 Å². The fourth-order valence-corrected chi connectivity index (χ4v) is 2.64. The van der Waals surface area contributed by atoms with E-state index in [4.69, 9.17) is 0 Å². The number of likely N-dealkylation sites (tertiary alicyclic amines) is 1. The minimum absolute atomic E-state index is 0.956. The highest BCUT2D eigenvalue weighted by Crippen LogP contribution is 2.16. The summed E-state index contributed by atoms with van der Waals surface area (Å²) in [6, 6.07) is 6.11. The number of hydrogen-bond acceptors (Lipinski definition) is 4. The summed E-state index contributed by atoms with van der Waals surface area (Å²) in [4.78, 5) is 11.4. The van der Waals surface area contributed by atoms with Crippen molar-refractivity contribution in [1.29, 1.82) is 0 Å². The van der Waals surface area contributed by atoms with E-state index in [0.717, 1.165) is 35.5 Å². The molecule has 0 aliphatic carbocycles. The van der Waals surface area contributed by atoms with E-state index in [9.17, 15) is 0 Å². The van der Waals surface area contributed by atoms with Crippen LogP contribution in [0.25, 0.3) is 10.9 Å². The molecule has 1 fully saturated rings. The summed E-state index contributed by atoms with van der Waals surface area (Å²) >= 11 is 0. The van der Waals surface area contributed by atoms with Gasteiger partial charge in [-0.1, -0.05) is 0 Å². The van der Waals surface area contributed by atoms with Gasteiger partial charge in [0.15, 0.2) is 0 Å². The number of aromatic nitrogens is 2. The highest BCUT2D eigenvalue weighted by Gasteiger charge is 2.10. The van der Waals surface area contributed by atoms with Gasteiger partial charge in [0.2, 0.25) is 0 Å². The fourth-order valence-electron chi connectivity index (χ4n) is 2.64. The molecule has 0 unspecified atom stereocenters. The topological polar surface area (TPSA) is 41.1 Å². The van der Waals surface area contributed by atoms with E-state index >= 15 is 0 Å². The van der Waals surface area contributed by atoms with E-state index < -0.39 is 0 Å². The van der Waals surface area contributed by atoms with E-state index in [-0.39, 0.29) is 0 Å². The van der Waals surface area contributed by atoms with Crippen molar-refractivity contribution in [2.24, 2.45) is 0 Å². The van der Waals surface area contributed by atoms with Crippen LogP contribution in [0.5, 0.6) is 0 Å². The van der Waals surface area contributed by atoms with Gasteiger partial charge >= 0.3 is 0 Å². The van der Waals surface area contributed by atoms with Gasteiger partial charge in [0.25, 0.3) is 0 Å². The molecule has 0 amide bonds. The maximum absolute atomic E-state index is 4.63. The first kappa shape index (κ1) is 12.4. The number of pyridine rings is 2. The summed E-state index contributed by atoms with van der Waals surface area (Å²) in [7, 11) is 0. The summed E-state index contributed by atoms with van der Waals surface area (Å²) in [6.07, 6.45) is 4.51. The molecule has 2 aromatic heterocycles. The van der Waals surface area contributed by atoms with Crippen LogP contribution in [0.3, 0.4) is 0 Å². The number of rotatable bonds is 4. The van der Waals surface area contributed by atoms with Crippen molar-refractivity contribution in [1.82, 2.24) is 14.9 Å². The second-order valence-electron chi connectivity index (χ2n) is 5.14. The molecule has 3 heterocycles. The molecule has 19 heavy (non-hydrogen) atoms. The third kappa shape index (κ3) is 2.84. The number of anilines is 1. The van der Waals surface area contributed by atoms with Gasteiger partial charge in [0.05, 0.1) is 5.52 Å². The maximum Gasteiger partial charge on any atom is 0.126 e. The van der Waals surface area contributed by atoms with Crippen molar-refractivity contribution in [3.63, 3.8) is 0 Å². The van der Waals surface area contributed by atoms with Crippen molar-refractivity contribution in [2.75, 3.05) is 31.5 Å². The summed E-state index contributed by atoms with van der Waals surface area (Å²) in [5.74, 6) is 0.956. The molecule has 0 aromatic carbocycles. The molecule has 0 atom stereocenters. The summed E-state index contributed by atoms with van der Waals surface area (Å²) in [6.45, 7) is 6.58. The molecular weight excluding hydrogens is 236 g/mol. The standard InChI is InChI=1S/C15H20N4/c1-12-13-4-5-15(18-14(13)6-7-16-12)17-8-11-19-9-2-3-10-19/h4-7H,2-3,8-11H2,1H3,(H,17,18). The molecule has 0 spiro atoms. The molecule has 1 aliphatic rings. The van der Waals surface area contributed by atoms with Crippen molar-refractivity contribution in [3.8, 4) is 0 Å². The highest BCUT2D eigenvalue weighted by molar-refractivity contribution is 5.81. The lowest BCUT2D eigenvalue weighted by Crippen LogP contribution is -2.26. The zero-order valence-electron chi connectivity index (χ0n) is 11.4. The number of hydrogen-bond donors (Lipinski definition) is 1. The first-order chi connectivity index (χ1) is 9.33. The van der Waals surface area contributed by atoms with Crippen LogP contribution in [0.4, 0.5) is 5.82 Å². The SMILES string of the molecule is Cc1nccc2nc(NCCN3CCCC3)ccc12. The Morgan fingerprint density at radius 3 is 2.89 bits per heavy atom. The lowest BCUT2D eigenvalue weighted by molar-refractivity contribution is 0.352. The number of aryl methyl sites for hydroxylation is 1. The Balaban J connectivity index is 1.64. The van der Waals surface area contributed by atoms with Gasteiger partial charge in [-0.05, 0) is 51.1 Å². The van der Waals surface area contributed by atoms with Gasteiger partial charge in [0.1, 0.15) is 5.82 Å². The Labute approximate surface area is 113 Å². The summed E-state index contributed by atoms with van der Waals surface area (Å²) in [5, 5.41) is 4.54. The van der Waals surface area contributed by atoms with E-state index in [0.29, 0.717) is 0 Å². The zero-order valence-corrected chi connectivity index (χ0v) is 11.4. The third-order valence-electron chi connectivity index (χ3n) is 3.75. The molecular formula is C15H20N4. The Hall–Kier alpha value is -1.68. The van der Waals surface area contributed by atoms with Gasteiger partial charge in [-0.25, -0.2) is 4.98 Å². The minimum Gasteiger partial charge on any atom is -0.369 e.